The molecule has 0 saturated carbocycles. The second kappa shape index (κ2) is 6.05. The van der Waals surface area contributed by atoms with E-state index in [1.165, 1.54) is 0 Å². The van der Waals surface area contributed by atoms with E-state index in [1.54, 1.807) is 11.3 Å². The van der Waals surface area contributed by atoms with Gasteiger partial charge in [-0.3, -0.25) is 0 Å². The van der Waals surface area contributed by atoms with Gasteiger partial charge in [0.05, 0.1) is 4.88 Å². The third kappa shape index (κ3) is 2.95. The fourth-order valence-electron chi connectivity index (χ4n) is 1.98. The first-order valence-corrected chi connectivity index (χ1v) is 7.36. The first-order chi connectivity index (χ1) is 10.3. The molecular weight excluding hydrogens is 289 g/mol. The van der Waals surface area contributed by atoms with Crippen molar-refractivity contribution in [2.24, 2.45) is 0 Å². The van der Waals surface area contributed by atoms with E-state index in [9.17, 15) is 4.39 Å². The van der Waals surface area contributed by atoms with Crippen LogP contribution < -0.4 is 10.1 Å². The molecule has 0 spiro atoms. The Bertz CT molecular complexity index is 742. The monoisotopic (exact) mass is 303 g/mol. The van der Waals surface area contributed by atoms with Gasteiger partial charge >= 0.3 is 0 Å². The minimum absolute atomic E-state index is 0.0840. The maximum absolute atomic E-state index is 12.1. The summed E-state index contributed by atoms with van der Waals surface area (Å²) >= 11 is 1.61. The summed E-state index contributed by atoms with van der Waals surface area (Å²) in [7, 11) is 1.81. The van der Waals surface area contributed by atoms with Crippen molar-refractivity contribution >= 4 is 27.2 Å². The summed E-state index contributed by atoms with van der Waals surface area (Å²) in [6.45, 7) is -0.401. The molecule has 2 heterocycles. The molecule has 0 radical (unpaired) electrons. The van der Waals surface area contributed by atoms with E-state index in [4.69, 9.17) is 4.74 Å². The van der Waals surface area contributed by atoms with E-state index >= 15 is 0 Å². The normalized spacial score (nSPS) is 10.8. The standard InChI is InChI=1S/C15H14FN3OS/c1-17-15-5-4-12(18-19-15)14-8-10-2-3-11(20-7-6-16)9-13(10)21-14/h2-5,8-9H,6-7H2,1H3,(H,17,19). The zero-order valence-electron chi connectivity index (χ0n) is 11.5. The summed E-state index contributed by atoms with van der Waals surface area (Å²) in [5.41, 5.74) is 0.835. The lowest BCUT2D eigenvalue weighted by atomic mass is 10.2. The Morgan fingerprint density at radius 2 is 2.10 bits per heavy atom. The molecule has 0 saturated heterocycles. The van der Waals surface area contributed by atoms with Crippen LogP contribution in [0, 0.1) is 0 Å². The van der Waals surface area contributed by atoms with Gasteiger partial charge in [0.25, 0.3) is 0 Å². The first-order valence-electron chi connectivity index (χ1n) is 6.54. The quantitative estimate of drug-likeness (QED) is 0.780. The predicted octanol–water partition coefficient (Wildman–Crippen LogP) is 3.75. The van der Waals surface area contributed by atoms with Gasteiger partial charge in [-0.05, 0) is 41.8 Å². The topological polar surface area (TPSA) is 47.0 Å². The molecule has 0 fully saturated rings. The van der Waals surface area contributed by atoms with Crippen LogP contribution in [0.2, 0.25) is 0 Å². The van der Waals surface area contributed by atoms with Gasteiger partial charge in [0.2, 0.25) is 0 Å². The van der Waals surface area contributed by atoms with Crippen LogP contribution in [0.5, 0.6) is 5.75 Å². The number of thiophene rings is 1. The molecule has 1 N–H and O–H groups in total. The van der Waals surface area contributed by atoms with Crippen molar-refractivity contribution in [1.29, 1.82) is 0 Å². The van der Waals surface area contributed by atoms with Gasteiger partial charge < -0.3 is 10.1 Å². The van der Waals surface area contributed by atoms with Crippen molar-refractivity contribution in [2.75, 3.05) is 25.6 Å². The van der Waals surface area contributed by atoms with Gasteiger partial charge in [0.15, 0.2) is 0 Å². The summed E-state index contributed by atoms with van der Waals surface area (Å²) < 4.78 is 18.5. The van der Waals surface area contributed by atoms with Gasteiger partial charge in [-0.15, -0.1) is 21.5 Å². The van der Waals surface area contributed by atoms with Crippen LogP contribution in [0.4, 0.5) is 10.2 Å². The number of rotatable bonds is 5. The number of hydrogen-bond donors (Lipinski definition) is 1. The highest BCUT2D eigenvalue weighted by molar-refractivity contribution is 7.22. The number of hydrogen-bond acceptors (Lipinski definition) is 5. The number of halogens is 1. The Hall–Kier alpha value is -2.21. The van der Waals surface area contributed by atoms with Crippen LogP contribution in [0.1, 0.15) is 0 Å². The number of fused-ring (bicyclic) bond motifs is 1. The lowest BCUT2D eigenvalue weighted by molar-refractivity contribution is 0.273. The third-order valence-corrected chi connectivity index (χ3v) is 4.13. The number of ether oxygens (including phenoxy) is 1. The molecule has 108 valence electrons. The fourth-order valence-corrected chi connectivity index (χ4v) is 3.04. The second-order valence-corrected chi connectivity index (χ2v) is 5.49. The largest absolute Gasteiger partial charge is 0.491 e. The molecular formula is C15H14FN3OS. The predicted molar refractivity (Wildman–Crippen MR) is 83.9 cm³/mol. The van der Waals surface area contributed by atoms with Gasteiger partial charge in [-0.25, -0.2) is 4.39 Å². The maximum atomic E-state index is 12.1. The smallest absolute Gasteiger partial charge is 0.148 e. The average Bonchev–Trinajstić information content (AvgIpc) is 2.96. The van der Waals surface area contributed by atoms with E-state index < -0.39 is 6.67 Å². The summed E-state index contributed by atoms with van der Waals surface area (Å²) in [6, 6.07) is 11.6. The molecule has 0 unspecified atom stereocenters. The van der Waals surface area contributed by atoms with Crippen LogP contribution >= 0.6 is 11.3 Å². The van der Waals surface area contributed by atoms with Crippen LogP contribution in [0.15, 0.2) is 36.4 Å². The lowest BCUT2D eigenvalue weighted by Crippen LogP contribution is -1.97. The van der Waals surface area contributed by atoms with Crippen LogP contribution in [-0.2, 0) is 0 Å². The number of nitrogens with zero attached hydrogens (tertiary/aromatic N) is 2. The zero-order chi connectivity index (χ0) is 14.7. The third-order valence-electron chi connectivity index (χ3n) is 3.01. The summed E-state index contributed by atoms with van der Waals surface area (Å²) in [5.74, 6) is 1.42. The highest BCUT2D eigenvalue weighted by Gasteiger charge is 2.07. The number of alkyl halides is 1. The Kier molecular flexibility index (Phi) is 3.96. The van der Waals surface area contributed by atoms with Gasteiger partial charge in [0, 0.05) is 11.7 Å². The summed E-state index contributed by atoms with van der Waals surface area (Å²) in [6.07, 6.45) is 0. The minimum atomic E-state index is -0.485. The van der Waals surface area contributed by atoms with Crippen molar-refractivity contribution in [3.8, 4) is 16.3 Å². The van der Waals surface area contributed by atoms with E-state index in [-0.39, 0.29) is 6.61 Å². The summed E-state index contributed by atoms with van der Waals surface area (Å²) in [5, 5.41) is 12.3. The van der Waals surface area contributed by atoms with Crippen molar-refractivity contribution in [3.63, 3.8) is 0 Å². The molecule has 0 amide bonds. The van der Waals surface area contributed by atoms with Crippen molar-refractivity contribution in [1.82, 2.24) is 10.2 Å². The summed E-state index contributed by atoms with van der Waals surface area (Å²) in [4.78, 5) is 1.04. The lowest BCUT2D eigenvalue weighted by Gasteiger charge is -2.02. The average molecular weight is 303 g/mol. The molecule has 3 rings (SSSR count). The molecule has 1 aromatic carbocycles. The number of benzene rings is 1. The highest BCUT2D eigenvalue weighted by atomic mass is 32.1. The molecule has 6 heteroatoms. The Labute approximate surface area is 125 Å². The van der Waals surface area contributed by atoms with Crippen molar-refractivity contribution in [3.05, 3.63) is 36.4 Å². The van der Waals surface area contributed by atoms with Crippen molar-refractivity contribution in [2.45, 2.75) is 0 Å². The molecule has 21 heavy (non-hydrogen) atoms. The SMILES string of the molecule is CNc1ccc(-c2cc3ccc(OCCF)cc3s2)nn1. The highest BCUT2D eigenvalue weighted by Crippen LogP contribution is 2.34. The van der Waals surface area contributed by atoms with E-state index in [0.717, 1.165) is 26.5 Å². The molecule has 2 aromatic heterocycles. The first kappa shape index (κ1) is 13.8. The Morgan fingerprint density at radius 3 is 2.81 bits per heavy atom. The molecule has 0 atom stereocenters. The van der Waals surface area contributed by atoms with Gasteiger partial charge in [-0.2, -0.15) is 0 Å². The molecule has 3 aromatic rings. The van der Waals surface area contributed by atoms with E-state index in [1.807, 2.05) is 37.4 Å². The Balaban J connectivity index is 1.92. The molecule has 0 aliphatic carbocycles. The Morgan fingerprint density at radius 1 is 1.19 bits per heavy atom. The fraction of sp³-hybridized carbons (Fsp3) is 0.200. The molecule has 4 nitrogen and oxygen atoms in total. The number of nitrogens with one attached hydrogen (secondary N) is 1. The molecule has 0 bridgehead atoms. The van der Waals surface area contributed by atoms with Crippen molar-refractivity contribution < 1.29 is 9.13 Å². The van der Waals surface area contributed by atoms with E-state index in [2.05, 4.69) is 21.6 Å². The molecule has 0 aliphatic heterocycles. The number of aromatic nitrogens is 2. The number of anilines is 1. The van der Waals surface area contributed by atoms with Crippen LogP contribution in [0.3, 0.4) is 0 Å². The van der Waals surface area contributed by atoms with Crippen LogP contribution in [-0.4, -0.2) is 30.5 Å². The van der Waals surface area contributed by atoms with E-state index in [0.29, 0.717) is 5.75 Å². The van der Waals surface area contributed by atoms with Crippen LogP contribution in [0.25, 0.3) is 20.7 Å². The zero-order valence-corrected chi connectivity index (χ0v) is 12.3. The maximum Gasteiger partial charge on any atom is 0.148 e. The molecule has 0 aliphatic rings. The van der Waals surface area contributed by atoms with Gasteiger partial charge in [-0.1, -0.05) is 0 Å². The second-order valence-electron chi connectivity index (χ2n) is 4.40. The minimum Gasteiger partial charge on any atom is -0.491 e. The van der Waals surface area contributed by atoms with Gasteiger partial charge in [0.1, 0.15) is 30.5 Å².